The summed E-state index contributed by atoms with van der Waals surface area (Å²) < 4.78 is 0. The number of hydrogen-bond acceptors (Lipinski definition) is 4. The number of nitrogens with zero attached hydrogens (tertiary/aromatic N) is 3. The Bertz CT molecular complexity index is 640. The Balaban J connectivity index is 1.68. The van der Waals surface area contributed by atoms with Crippen molar-refractivity contribution in [3.63, 3.8) is 0 Å². The van der Waals surface area contributed by atoms with Crippen LogP contribution in [0.4, 0.5) is 11.8 Å². The largest absolute Gasteiger partial charge is 0.354 e. The molecule has 0 saturated carbocycles. The van der Waals surface area contributed by atoms with Crippen molar-refractivity contribution in [2.45, 2.75) is 25.3 Å². The van der Waals surface area contributed by atoms with Crippen molar-refractivity contribution in [1.29, 1.82) is 0 Å². The van der Waals surface area contributed by atoms with Gasteiger partial charge in [0, 0.05) is 25.2 Å². The van der Waals surface area contributed by atoms with E-state index in [1.54, 1.807) is 0 Å². The Morgan fingerprint density at radius 2 is 2.10 bits per heavy atom. The smallest absolute Gasteiger partial charge is 0.224 e. The summed E-state index contributed by atoms with van der Waals surface area (Å²) in [6, 6.07) is 11.3. The van der Waals surface area contributed by atoms with Crippen LogP contribution < -0.4 is 10.2 Å². The fraction of sp³-hybridized carbons (Fsp3) is 0.375. The van der Waals surface area contributed by atoms with E-state index in [4.69, 9.17) is 0 Å². The molecule has 1 aliphatic carbocycles. The van der Waals surface area contributed by atoms with Gasteiger partial charge in [0.25, 0.3) is 0 Å². The molecule has 1 aromatic heterocycles. The highest BCUT2D eigenvalue weighted by molar-refractivity contribution is 5.54. The molecule has 0 spiro atoms. The maximum absolute atomic E-state index is 4.64. The van der Waals surface area contributed by atoms with E-state index in [1.807, 2.05) is 12.3 Å². The van der Waals surface area contributed by atoms with Gasteiger partial charge in [-0.25, -0.2) is 4.98 Å². The van der Waals surface area contributed by atoms with E-state index in [1.165, 1.54) is 17.5 Å². The molecule has 1 saturated heterocycles. The zero-order valence-electron chi connectivity index (χ0n) is 11.6. The van der Waals surface area contributed by atoms with E-state index in [2.05, 4.69) is 51.4 Å². The van der Waals surface area contributed by atoms with Crippen LogP contribution in [0.15, 0.2) is 36.5 Å². The third-order valence-corrected chi connectivity index (χ3v) is 4.37. The molecule has 4 rings (SSSR count). The van der Waals surface area contributed by atoms with E-state index in [-0.39, 0.29) is 0 Å². The van der Waals surface area contributed by atoms with Crippen molar-refractivity contribution in [3.8, 4) is 0 Å². The Hall–Kier alpha value is -2.10. The summed E-state index contributed by atoms with van der Waals surface area (Å²) in [6.45, 7) is 3.98. The fourth-order valence-corrected chi connectivity index (χ4v) is 3.55. The predicted octanol–water partition coefficient (Wildman–Crippen LogP) is 2.96. The summed E-state index contributed by atoms with van der Waals surface area (Å²) in [7, 11) is 0. The van der Waals surface area contributed by atoms with Crippen molar-refractivity contribution in [1.82, 2.24) is 9.97 Å². The summed E-state index contributed by atoms with van der Waals surface area (Å²) in [5.74, 6) is 2.42. The zero-order chi connectivity index (χ0) is 13.5. The molecule has 102 valence electrons. The molecule has 0 amide bonds. The van der Waals surface area contributed by atoms with Crippen LogP contribution in [0.3, 0.4) is 0 Å². The van der Waals surface area contributed by atoms with Crippen molar-refractivity contribution in [2.24, 2.45) is 0 Å². The van der Waals surface area contributed by atoms with Gasteiger partial charge in [-0.2, -0.15) is 4.98 Å². The molecule has 2 aromatic rings. The molecule has 20 heavy (non-hydrogen) atoms. The van der Waals surface area contributed by atoms with Gasteiger partial charge in [-0.05, 0) is 30.5 Å². The van der Waals surface area contributed by atoms with Crippen molar-refractivity contribution < 1.29 is 0 Å². The molecule has 2 atom stereocenters. The lowest BCUT2D eigenvalue weighted by molar-refractivity contribution is 0.729. The highest BCUT2D eigenvalue weighted by Crippen LogP contribution is 2.51. The molecule has 1 fully saturated rings. The highest BCUT2D eigenvalue weighted by atomic mass is 15.3. The van der Waals surface area contributed by atoms with Gasteiger partial charge in [0.2, 0.25) is 5.95 Å². The van der Waals surface area contributed by atoms with E-state index in [0.717, 1.165) is 24.9 Å². The number of hydrogen-bond donors (Lipinski definition) is 1. The normalized spacial score (nSPS) is 22.9. The van der Waals surface area contributed by atoms with Gasteiger partial charge in [0.1, 0.15) is 5.82 Å². The van der Waals surface area contributed by atoms with Gasteiger partial charge in [0.15, 0.2) is 0 Å². The monoisotopic (exact) mass is 266 g/mol. The molecule has 1 aliphatic heterocycles. The second-order valence-electron chi connectivity index (χ2n) is 5.50. The lowest BCUT2D eigenvalue weighted by Gasteiger charge is -2.30. The average molecular weight is 266 g/mol. The number of rotatable bonds is 3. The van der Waals surface area contributed by atoms with Crippen molar-refractivity contribution >= 4 is 11.8 Å². The van der Waals surface area contributed by atoms with Gasteiger partial charge in [0.05, 0.1) is 6.04 Å². The van der Waals surface area contributed by atoms with Gasteiger partial charge in [-0.3, -0.25) is 0 Å². The predicted molar refractivity (Wildman–Crippen MR) is 80.1 cm³/mol. The first kappa shape index (κ1) is 11.7. The first-order valence-electron chi connectivity index (χ1n) is 7.29. The Kier molecular flexibility index (Phi) is 2.62. The second-order valence-corrected chi connectivity index (χ2v) is 5.50. The summed E-state index contributed by atoms with van der Waals surface area (Å²) in [4.78, 5) is 11.3. The number of benzene rings is 1. The van der Waals surface area contributed by atoms with E-state index < -0.39 is 0 Å². The molecular weight excluding hydrogens is 248 g/mol. The molecule has 4 nitrogen and oxygen atoms in total. The third-order valence-electron chi connectivity index (χ3n) is 4.37. The second kappa shape index (κ2) is 4.47. The number of aromatic nitrogens is 2. The average Bonchev–Trinajstić information content (AvgIpc) is 3.07. The molecular formula is C16H18N4. The number of anilines is 2. The SMILES string of the molecule is CCNc1nccc(N2C[C@H]3C[C@H]2c2ccccc23)n1. The summed E-state index contributed by atoms with van der Waals surface area (Å²) in [5, 5.41) is 3.19. The minimum absolute atomic E-state index is 0.487. The first-order valence-corrected chi connectivity index (χ1v) is 7.29. The molecule has 1 N–H and O–H groups in total. The van der Waals surface area contributed by atoms with Crippen LogP contribution in [-0.2, 0) is 0 Å². The maximum Gasteiger partial charge on any atom is 0.224 e. The van der Waals surface area contributed by atoms with Crippen molar-refractivity contribution in [2.75, 3.05) is 23.3 Å². The van der Waals surface area contributed by atoms with Gasteiger partial charge >= 0.3 is 0 Å². The van der Waals surface area contributed by atoms with E-state index in [0.29, 0.717) is 12.0 Å². The van der Waals surface area contributed by atoms with Crippen LogP contribution >= 0.6 is 0 Å². The van der Waals surface area contributed by atoms with Crippen LogP contribution in [0.25, 0.3) is 0 Å². The molecule has 0 radical (unpaired) electrons. The van der Waals surface area contributed by atoms with Crippen LogP contribution in [-0.4, -0.2) is 23.1 Å². The standard InChI is InChI=1S/C16H18N4/c1-2-17-16-18-8-7-15(19-16)20-10-11-9-14(20)13-6-4-3-5-12(11)13/h3-8,11,14H,2,9-10H2,1H3,(H,17,18,19)/t11-,14+/m1/s1. The quantitative estimate of drug-likeness (QED) is 0.927. The summed E-state index contributed by atoms with van der Waals surface area (Å²) in [6.07, 6.45) is 3.07. The lowest BCUT2D eigenvalue weighted by atomic mass is 9.99. The molecule has 4 heteroatoms. The summed E-state index contributed by atoms with van der Waals surface area (Å²) >= 11 is 0. The van der Waals surface area contributed by atoms with Crippen LogP contribution in [0, 0.1) is 0 Å². The van der Waals surface area contributed by atoms with Crippen LogP contribution in [0.1, 0.15) is 36.4 Å². The maximum atomic E-state index is 4.64. The summed E-state index contributed by atoms with van der Waals surface area (Å²) in [5.41, 5.74) is 3.02. The minimum Gasteiger partial charge on any atom is -0.354 e. The molecule has 2 aliphatic rings. The first-order chi connectivity index (χ1) is 9.86. The fourth-order valence-electron chi connectivity index (χ4n) is 3.55. The van der Waals surface area contributed by atoms with E-state index >= 15 is 0 Å². The van der Waals surface area contributed by atoms with E-state index in [9.17, 15) is 0 Å². The topological polar surface area (TPSA) is 41.1 Å². The third kappa shape index (κ3) is 1.68. The van der Waals surface area contributed by atoms with Gasteiger partial charge in [-0.15, -0.1) is 0 Å². The Labute approximate surface area is 118 Å². The zero-order valence-corrected chi connectivity index (χ0v) is 11.6. The highest BCUT2D eigenvalue weighted by Gasteiger charge is 2.42. The Morgan fingerprint density at radius 3 is 2.95 bits per heavy atom. The number of fused-ring (bicyclic) bond motifs is 5. The van der Waals surface area contributed by atoms with Crippen LogP contribution in [0.5, 0.6) is 0 Å². The molecule has 0 unspecified atom stereocenters. The number of nitrogens with one attached hydrogen (secondary N) is 1. The molecule has 1 aromatic carbocycles. The Morgan fingerprint density at radius 1 is 1.25 bits per heavy atom. The van der Waals surface area contributed by atoms with Crippen molar-refractivity contribution in [3.05, 3.63) is 47.7 Å². The van der Waals surface area contributed by atoms with Crippen LogP contribution in [0.2, 0.25) is 0 Å². The minimum atomic E-state index is 0.487. The lowest BCUT2D eigenvalue weighted by Crippen LogP contribution is -2.28. The molecule has 2 bridgehead atoms. The molecule has 2 heterocycles. The van der Waals surface area contributed by atoms with Gasteiger partial charge < -0.3 is 10.2 Å². The van der Waals surface area contributed by atoms with Gasteiger partial charge in [-0.1, -0.05) is 24.3 Å².